The van der Waals surface area contributed by atoms with Crippen molar-refractivity contribution in [2.75, 3.05) is 52.5 Å². The van der Waals surface area contributed by atoms with E-state index in [1.54, 1.807) is 0 Å². The van der Waals surface area contributed by atoms with Gasteiger partial charge in [-0.05, 0) is 42.8 Å². The van der Waals surface area contributed by atoms with Gasteiger partial charge in [0.2, 0.25) is 0 Å². The zero-order chi connectivity index (χ0) is 18.0. The number of halogens is 1. The van der Waals surface area contributed by atoms with E-state index in [0.29, 0.717) is 6.61 Å². The normalized spacial score (nSPS) is 15.7. The lowest BCUT2D eigenvalue weighted by Crippen LogP contribution is -2.47. The van der Waals surface area contributed by atoms with E-state index < -0.39 is 0 Å². The topological polar surface area (TPSA) is 24.9 Å². The molecule has 5 heteroatoms. The summed E-state index contributed by atoms with van der Waals surface area (Å²) in [5.41, 5.74) is 0. The molecule has 0 saturated carbocycles. The number of hydrogen-bond donors (Lipinski definition) is 0. The predicted molar refractivity (Wildman–Crippen MR) is 106 cm³/mol. The van der Waals surface area contributed by atoms with Crippen LogP contribution in [0.25, 0.3) is 0 Å². The Morgan fingerprint density at radius 1 is 0.692 bits per heavy atom. The SMILES string of the molecule is Clc1ccc(OCCN2CCN(CCCOc3ccccc3)CC2)cc1. The summed E-state index contributed by atoms with van der Waals surface area (Å²) in [6.45, 7) is 7.99. The Morgan fingerprint density at radius 2 is 1.27 bits per heavy atom. The van der Waals surface area contributed by atoms with Crippen molar-refractivity contribution in [3.8, 4) is 11.5 Å². The molecule has 0 bridgehead atoms. The van der Waals surface area contributed by atoms with E-state index in [2.05, 4.69) is 9.80 Å². The largest absolute Gasteiger partial charge is 0.494 e. The molecule has 1 saturated heterocycles. The predicted octanol–water partition coefficient (Wildman–Crippen LogP) is 3.81. The smallest absolute Gasteiger partial charge is 0.119 e. The zero-order valence-electron chi connectivity index (χ0n) is 15.1. The van der Waals surface area contributed by atoms with Crippen LogP contribution in [0.3, 0.4) is 0 Å². The van der Waals surface area contributed by atoms with Crippen molar-refractivity contribution in [3.63, 3.8) is 0 Å². The van der Waals surface area contributed by atoms with Crippen LogP contribution in [0.1, 0.15) is 6.42 Å². The van der Waals surface area contributed by atoms with Gasteiger partial charge in [-0.3, -0.25) is 4.90 Å². The number of piperazine rings is 1. The Hall–Kier alpha value is -1.75. The number of hydrogen-bond acceptors (Lipinski definition) is 4. The van der Waals surface area contributed by atoms with Gasteiger partial charge in [-0.25, -0.2) is 0 Å². The second kappa shape index (κ2) is 10.4. The van der Waals surface area contributed by atoms with Crippen LogP contribution < -0.4 is 9.47 Å². The molecule has 1 fully saturated rings. The monoisotopic (exact) mass is 374 g/mol. The molecule has 26 heavy (non-hydrogen) atoms. The van der Waals surface area contributed by atoms with Gasteiger partial charge in [0.15, 0.2) is 0 Å². The molecule has 4 nitrogen and oxygen atoms in total. The summed E-state index contributed by atoms with van der Waals surface area (Å²) in [6, 6.07) is 17.6. The van der Waals surface area contributed by atoms with Crippen molar-refractivity contribution < 1.29 is 9.47 Å². The quantitative estimate of drug-likeness (QED) is 0.623. The van der Waals surface area contributed by atoms with Crippen molar-refractivity contribution in [3.05, 3.63) is 59.6 Å². The van der Waals surface area contributed by atoms with Crippen LogP contribution in [0.5, 0.6) is 11.5 Å². The van der Waals surface area contributed by atoms with E-state index in [4.69, 9.17) is 21.1 Å². The average Bonchev–Trinajstić information content (AvgIpc) is 2.69. The van der Waals surface area contributed by atoms with Gasteiger partial charge in [0.05, 0.1) is 6.61 Å². The van der Waals surface area contributed by atoms with Crippen molar-refractivity contribution in [2.24, 2.45) is 0 Å². The van der Waals surface area contributed by atoms with E-state index in [1.165, 1.54) is 0 Å². The highest BCUT2D eigenvalue weighted by atomic mass is 35.5. The maximum absolute atomic E-state index is 5.88. The van der Waals surface area contributed by atoms with Crippen LogP contribution in [0.4, 0.5) is 0 Å². The minimum Gasteiger partial charge on any atom is -0.494 e. The lowest BCUT2D eigenvalue weighted by molar-refractivity contribution is 0.112. The highest BCUT2D eigenvalue weighted by Gasteiger charge is 2.16. The third-order valence-corrected chi connectivity index (χ3v) is 4.84. The number of nitrogens with zero attached hydrogens (tertiary/aromatic N) is 2. The fourth-order valence-electron chi connectivity index (χ4n) is 3.05. The van der Waals surface area contributed by atoms with Crippen molar-refractivity contribution in [1.82, 2.24) is 9.80 Å². The lowest BCUT2D eigenvalue weighted by atomic mass is 10.3. The second-order valence-corrected chi connectivity index (χ2v) is 6.94. The van der Waals surface area contributed by atoms with Gasteiger partial charge >= 0.3 is 0 Å². The molecule has 0 radical (unpaired) electrons. The van der Waals surface area contributed by atoms with Crippen molar-refractivity contribution >= 4 is 11.6 Å². The summed E-state index contributed by atoms with van der Waals surface area (Å²) in [6.07, 6.45) is 1.06. The number of benzene rings is 2. The van der Waals surface area contributed by atoms with E-state index in [1.807, 2.05) is 54.6 Å². The molecule has 0 atom stereocenters. The van der Waals surface area contributed by atoms with Gasteiger partial charge in [-0.1, -0.05) is 29.8 Å². The van der Waals surface area contributed by atoms with E-state index in [0.717, 1.165) is 68.8 Å². The maximum atomic E-state index is 5.88. The van der Waals surface area contributed by atoms with Gasteiger partial charge in [0.1, 0.15) is 18.1 Å². The van der Waals surface area contributed by atoms with E-state index in [-0.39, 0.29) is 0 Å². The highest BCUT2D eigenvalue weighted by Crippen LogP contribution is 2.15. The van der Waals surface area contributed by atoms with E-state index >= 15 is 0 Å². The van der Waals surface area contributed by atoms with Crippen LogP contribution >= 0.6 is 11.6 Å². The van der Waals surface area contributed by atoms with Gasteiger partial charge in [-0.15, -0.1) is 0 Å². The molecule has 1 aliphatic rings. The molecular formula is C21H27ClN2O2. The molecule has 0 amide bonds. The molecule has 0 aromatic heterocycles. The first-order chi connectivity index (χ1) is 12.8. The first-order valence-corrected chi connectivity index (χ1v) is 9.68. The minimum atomic E-state index is 0.715. The average molecular weight is 375 g/mol. The first-order valence-electron chi connectivity index (χ1n) is 9.30. The summed E-state index contributed by atoms with van der Waals surface area (Å²) in [5.74, 6) is 1.84. The van der Waals surface area contributed by atoms with Gasteiger partial charge < -0.3 is 14.4 Å². The third-order valence-electron chi connectivity index (χ3n) is 4.59. The van der Waals surface area contributed by atoms with Crippen LogP contribution in [0, 0.1) is 0 Å². The summed E-state index contributed by atoms with van der Waals surface area (Å²) in [7, 11) is 0. The molecule has 0 aliphatic carbocycles. The van der Waals surface area contributed by atoms with Gasteiger partial charge in [-0.2, -0.15) is 0 Å². The summed E-state index contributed by atoms with van der Waals surface area (Å²) < 4.78 is 11.5. The van der Waals surface area contributed by atoms with Crippen molar-refractivity contribution in [1.29, 1.82) is 0 Å². The molecule has 0 N–H and O–H groups in total. The molecule has 0 unspecified atom stereocenters. The molecular weight excluding hydrogens is 348 g/mol. The lowest BCUT2D eigenvalue weighted by Gasteiger charge is -2.34. The zero-order valence-corrected chi connectivity index (χ0v) is 15.9. The van der Waals surface area contributed by atoms with Gasteiger partial charge in [0, 0.05) is 44.3 Å². The number of para-hydroxylation sites is 1. The number of ether oxygens (including phenoxy) is 2. The Labute approximate surface area is 161 Å². The maximum Gasteiger partial charge on any atom is 0.119 e. The third kappa shape index (κ3) is 6.52. The van der Waals surface area contributed by atoms with Gasteiger partial charge in [0.25, 0.3) is 0 Å². The highest BCUT2D eigenvalue weighted by molar-refractivity contribution is 6.30. The molecule has 140 valence electrons. The standard InChI is InChI=1S/C21H27ClN2O2/c22-19-7-9-21(10-8-19)26-18-16-24-14-12-23(13-15-24)11-4-17-25-20-5-2-1-3-6-20/h1-3,5-10H,4,11-18H2. The van der Waals surface area contributed by atoms with Crippen LogP contribution in [0.15, 0.2) is 54.6 Å². The summed E-state index contributed by atoms with van der Waals surface area (Å²) in [5, 5.41) is 0.739. The Bertz CT molecular complexity index is 628. The minimum absolute atomic E-state index is 0.715. The molecule has 2 aromatic carbocycles. The Morgan fingerprint density at radius 3 is 1.96 bits per heavy atom. The molecule has 3 rings (SSSR count). The molecule has 0 spiro atoms. The first kappa shape index (κ1) is 19.0. The fraction of sp³-hybridized carbons (Fsp3) is 0.429. The van der Waals surface area contributed by atoms with Crippen LogP contribution in [0.2, 0.25) is 5.02 Å². The second-order valence-electron chi connectivity index (χ2n) is 6.50. The molecule has 1 heterocycles. The van der Waals surface area contributed by atoms with E-state index in [9.17, 15) is 0 Å². The Balaban J connectivity index is 1.24. The molecule has 1 aliphatic heterocycles. The Kier molecular flexibility index (Phi) is 7.62. The fourth-order valence-corrected chi connectivity index (χ4v) is 3.18. The van der Waals surface area contributed by atoms with Crippen LogP contribution in [-0.2, 0) is 0 Å². The van der Waals surface area contributed by atoms with Crippen molar-refractivity contribution in [2.45, 2.75) is 6.42 Å². The van der Waals surface area contributed by atoms with Crippen LogP contribution in [-0.4, -0.2) is 62.3 Å². The molecule has 2 aromatic rings. The summed E-state index contributed by atoms with van der Waals surface area (Å²) >= 11 is 5.88. The number of rotatable bonds is 9. The summed E-state index contributed by atoms with van der Waals surface area (Å²) in [4.78, 5) is 4.98.